The van der Waals surface area contributed by atoms with Gasteiger partial charge < -0.3 is 45.4 Å². The van der Waals surface area contributed by atoms with Crippen LogP contribution in [0.1, 0.15) is 244 Å². The number of ether oxygens (including phenoxy) is 2. The molecule has 10 nitrogen and oxygen atoms in total. The molecular weight excluding hydrogens is 778 g/mol. The highest BCUT2D eigenvalue weighted by Crippen LogP contribution is 2.23. The molecule has 8 atom stereocenters. The number of halogens is 1. The van der Waals surface area contributed by atoms with E-state index in [1.807, 2.05) is 0 Å². The maximum Gasteiger partial charge on any atom is 0.220 e. The molecule has 61 heavy (non-hydrogen) atoms. The van der Waals surface area contributed by atoms with Gasteiger partial charge in [-0.15, -0.1) is 0 Å². The normalized spacial score (nSPS) is 20.8. The predicted octanol–water partition coefficient (Wildman–Crippen LogP) is 10.4. The summed E-state index contributed by atoms with van der Waals surface area (Å²) in [4.78, 5) is 13.0. The van der Waals surface area contributed by atoms with Gasteiger partial charge in [-0.2, -0.15) is 0 Å². The quantitative estimate of drug-likeness (QED) is 0.0295. The Morgan fingerprint density at radius 1 is 0.557 bits per heavy atom. The van der Waals surface area contributed by atoms with Crippen molar-refractivity contribution in [2.45, 2.75) is 293 Å². The highest BCUT2D eigenvalue weighted by Gasteiger charge is 2.44. The van der Waals surface area contributed by atoms with E-state index >= 15 is 0 Å². The number of nitrogens with one attached hydrogen (secondary N) is 1. The van der Waals surface area contributed by atoms with Gasteiger partial charge in [0.1, 0.15) is 30.5 Å². The third-order valence-corrected chi connectivity index (χ3v) is 12.8. The van der Waals surface area contributed by atoms with E-state index in [9.17, 15) is 39.8 Å². The van der Waals surface area contributed by atoms with Crippen LogP contribution in [0.3, 0.4) is 0 Å². The minimum absolute atomic E-state index is 0.162. The number of amides is 1. The fourth-order valence-electron chi connectivity index (χ4n) is 8.63. The lowest BCUT2D eigenvalue weighted by atomic mass is 9.98. The van der Waals surface area contributed by atoms with Crippen LogP contribution >= 0.6 is 0 Å². The summed E-state index contributed by atoms with van der Waals surface area (Å²) >= 11 is 0. The largest absolute Gasteiger partial charge is 0.394 e. The van der Waals surface area contributed by atoms with Gasteiger partial charge in [0.15, 0.2) is 6.29 Å². The van der Waals surface area contributed by atoms with Gasteiger partial charge in [0.05, 0.1) is 32.0 Å². The Balaban J connectivity index is 2.24. The fraction of sp³-hybridized carbons (Fsp3) is 0.980. The number of carbonyl (C=O) groups excluding carboxylic acids is 1. The molecule has 0 aromatic carbocycles. The maximum atomic E-state index is 13.0. The highest BCUT2D eigenvalue weighted by atomic mass is 19.1. The first-order valence-corrected chi connectivity index (χ1v) is 25.9. The first kappa shape index (κ1) is 58.1. The van der Waals surface area contributed by atoms with Gasteiger partial charge in [-0.1, -0.05) is 219 Å². The Bertz CT molecular complexity index is 949. The van der Waals surface area contributed by atoms with E-state index in [2.05, 4.69) is 12.2 Å². The van der Waals surface area contributed by atoms with Crippen LogP contribution in [0.15, 0.2) is 0 Å². The summed E-state index contributed by atoms with van der Waals surface area (Å²) in [6.45, 7) is 1.17. The molecule has 0 spiro atoms. The number of aliphatic hydroxyl groups excluding tert-OH is 6. The second-order valence-electron chi connectivity index (χ2n) is 18.5. The van der Waals surface area contributed by atoms with Crippen LogP contribution < -0.4 is 5.32 Å². The average molecular weight is 876 g/mol. The number of unbranched alkanes of at least 4 members (excludes halogenated alkanes) is 33. The van der Waals surface area contributed by atoms with Crippen molar-refractivity contribution in [1.29, 1.82) is 0 Å². The van der Waals surface area contributed by atoms with Crippen molar-refractivity contribution in [2.24, 2.45) is 0 Å². The lowest BCUT2D eigenvalue weighted by molar-refractivity contribution is -0.303. The van der Waals surface area contributed by atoms with Crippen molar-refractivity contribution in [2.75, 3.05) is 19.9 Å². The van der Waals surface area contributed by atoms with E-state index < -0.39 is 55.6 Å². The van der Waals surface area contributed by atoms with E-state index in [1.165, 1.54) is 161 Å². The molecule has 0 aromatic heterocycles. The maximum absolute atomic E-state index is 13.0. The third-order valence-electron chi connectivity index (χ3n) is 12.8. The van der Waals surface area contributed by atoms with Gasteiger partial charge in [0.2, 0.25) is 5.91 Å². The fourth-order valence-corrected chi connectivity index (χ4v) is 8.63. The van der Waals surface area contributed by atoms with Crippen LogP contribution in [0.25, 0.3) is 0 Å². The van der Waals surface area contributed by atoms with Crippen molar-refractivity contribution in [3.05, 3.63) is 0 Å². The Hall–Kier alpha value is -0.920. The first-order chi connectivity index (χ1) is 29.8. The van der Waals surface area contributed by atoms with Gasteiger partial charge >= 0.3 is 0 Å². The van der Waals surface area contributed by atoms with Gasteiger partial charge in [0.25, 0.3) is 0 Å². The van der Waals surface area contributed by atoms with Gasteiger partial charge in [-0.25, -0.2) is 0 Å². The standard InChI is InChI=1S/C50H98FNO9/c1-2-3-4-5-6-7-8-22-25-28-31-34-37-43(54)46(56)42(41-60-50-49(59)48(58)47(57)44(40-53)61-50)52-45(55)38-35-32-29-26-23-20-18-16-14-12-10-9-11-13-15-17-19-21-24-27-30-33-36-39-51/h42-44,46-50,53-54,56-59H,2-41H2,1H3,(H,52,55)/t42-,43+,44+,46-,47-,48-,49+,50-/m0/s1. The van der Waals surface area contributed by atoms with Crippen LogP contribution in [-0.2, 0) is 14.3 Å². The molecular formula is C50H98FNO9. The zero-order valence-electron chi connectivity index (χ0n) is 39.2. The monoisotopic (exact) mass is 876 g/mol. The Kier molecular flexibility index (Phi) is 39.8. The first-order valence-electron chi connectivity index (χ1n) is 25.9. The van der Waals surface area contributed by atoms with E-state index in [1.54, 1.807) is 0 Å². The molecule has 1 aliphatic heterocycles. The number of hydrogen-bond donors (Lipinski definition) is 7. The zero-order chi connectivity index (χ0) is 44.6. The molecule has 1 aliphatic rings. The Labute approximate surface area is 372 Å². The average Bonchev–Trinajstić information content (AvgIpc) is 3.26. The molecule has 0 aromatic rings. The molecule has 0 saturated carbocycles. The van der Waals surface area contributed by atoms with Crippen molar-refractivity contribution in [3.63, 3.8) is 0 Å². The van der Waals surface area contributed by atoms with Crippen molar-refractivity contribution in [1.82, 2.24) is 5.32 Å². The van der Waals surface area contributed by atoms with Gasteiger partial charge in [-0.05, 0) is 19.3 Å². The number of aliphatic hydroxyl groups is 6. The van der Waals surface area contributed by atoms with Crippen molar-refractivity contribution in [3.8, 4) is 0 Å². The van der Waals surface area contributed by atoms with E-state index in [-0.39, 0.29) is 25.6 Å². The summed E-state index contributed by atoms with van der Waals surface area (Å²) < 4.78 is 23.3. The topological polar surface area (TPSA) is 169 Å². The molecule has 1 amide bonds. The molecule has 0 unspecified atom stereocenters. The Morgan fingerprint density at radius 2 is 0.934 bits per heavy atom. The molecule has 1 saturated heterocycles. The van der Waals surface area contributed by atoms with Crippen LogP contribution in [0.5, 0.6) is 0 Å². The minimum Gasteiger partial charge on any atom is -0.394 e. The molecule has 7 N–H and O–H groups in total. The van der Waals surface area contributed by atoms with Crippen molar-refractivity contribution >= 4 is 5.91 Å². The molecule has 1 fully saturated rings. The van der Waals surface area contributed by atoms with Crippen LogP contribution in [0.2, 0.25) is 0 Å². The summed E-state index contributed by atoms with van der Waals surface area (Å²) in [5.41, 5.74) is 0. The van der Waals surface area contributed by atoms with E-state index in [0.717, 1.165) is 57.8 Å². The highest BCUT2D eigenvalue weighted by molar-refractivity contribution is 5.76. The van der Waals surface area contributed by atoms with Crippen LogP contribution in [0.4, 0.5) is 4.39 Å². The van der Waals surface area contributed by atoms with Gasteiger partial charge in [-0.3, -0.25) is 9.18 Å². The SMILES string of the molecule is CCCCCCCCCCCCCC[C@@H](O)[C@@H](O)[C@H](CO[C@H]1O[C@H](CO)[C@H](O)[C@H](O)[C@H]1O)NC(=O)CCCCCCCCCCCCCCCCCCCCCCCCCF. The second-order valence-corrected chi connectivity index (χ2v) is 18.5. The van der Waals surface area contributed by atoms with E-state index in [4.69, 9.17) is 9.47 Å². The Morgan fingerprint density at radius 3 is 1.33 bits per heavy atom. The lowest BCUT2D eigenvalue weighted by Gasteiger charge is -2.40. The zero-order valence-corrected chi connectivity index (χ0v) is 39.2. The van der Waals surface area contributed by atoms with Crippen LogP contribution in [-0.4, -0.2) is 105 Å². The molecule has 1 rings (SSSR count). The molecule has 11 heteroatoms. The van der Waals surface area contributed by atoms with E-state index in [0.29, 0.717) is 12.8 Å². The number of alkyl halides is 1. The second kappa shape index (κ2) is 41.8. The minimum atomic E-state index is -1.61. The number of carbonyl (C=O) groups is 1. The summed E-state index contributed by atoms with van der Waals surface area (Å²) in [7, 11) is 0. The summed E-state index contributed by atoms with van der Waals surface area (Å²) in [6, 6.07) is -0.992. The molecule has 364 valence electrons. The van der Waals surface area contributed by atoms with Crippen molar-refractivity contribution < 1.29 is 49.3 Å². The molecule has 1 heterocycles. The molecule has 0 aliphatic carbocycles. The van der Waals surface area contributed by atoms with Crippen LogP contribution in [0, 0.1) is 0 Å². The predicted molar refractivity (Wildman–Crippen MR) is 246 cm³/mol. The summed E-state index contributed by atoms with van der Waals surface area (Å²) in [5.74, 6) is -0.260. The third kappa shape index (κ3) is 31.6. The summed E-state index contributed by atoms with van der Waals surface area (Å²) in [6.07, 6.45) is 33.4. The molecule has 0 bridgehead atoms. The van der Waals surface area contributed by atoms with Gasteiger partial charge in [0, 0.05) is 6.42 Å². The summed E-state index contributed by atoms with van der Waals surface area (Å²) in [5, 5.41) is 65.2. The molecule has 0 radical (unpaired) electrons. The smallest absolute Gasteiger partial charge is 0.220 e. The number of hydrogen-bond acceptors (Lipinski definition) is 9. The number of rotatable bonds is 45. The lowest BCUT2D eigenvalue weighted by Crippen LogP contribution is -2.60.